The van der Waals surface area contributed by atoms with Crippen LogP contribution in [0.25, 0.3) is 10.8 Å². The molecule has 0 fully saturated rings. The van der Waals surface area contributed by atoms with E-state index in [4.69, 9.17) is 9.47 Å². The van der Waals surface area contributed by atoms with Crippen LogP contribution < -0.4 is 9.47 Å². The van der Waals surface area contributed by atoms with E-state index in [1.165, 1.54) is 0 Å². The van der Waals surface area contributed by atoms with Gasteiger partial charge in [-0.05, 0) is 42.0 Å². The minimum atomic E-state index is -0.258. The molecule has 3 aromatic carbocycles. The fourth-order valence-corrected chi connectivity index (χ4v) is 3.32. The molecule has 4 rings (SSSR count). The first kappa shape index (κ1) is 17.2. The van der Waals surface area contributed by atoms with Gasteiger partial charge in [0.25, 0.3) is 5.91 Å². The lowest BCUT2D eigenvalue weighted by atomic mass is 10.0. The second-order valence-electron chi connectivity index (χ2n) is 6.56. The monoisotopic (exact) mass is 363 g/mol. The van der Waals surface area contributed by atoms with Crippen molar-refractivity contribution in [2.75, 3.05) is 19.7 Å². The van der Waals surface area contributed by atoms with E-state index in [1.807, 2.05) is 55.5 Å². The highest BCUT2D eigenvalue weighted by Gasteiger charge is 2.26. The Morgan fingerprint density at radius 2 is 1.74 bits per heavy atom. The van der Waals surface area contributed by atoms with Gasteiger partial charge >= 0.3 is 0 Å². The summed E-state index contributed by atoms with van der Waals surface area (Å²) >= 11 is 0. The summed E-state index contributed by atoms with van der Waals surface area (Å²) in [5, 5.41) is 12.2. The number of amides is 1. The number of phenolic OH excluding ortho intramolecular Hbond substituents is 1. The number of para-hydroxylation sites is 2. The second-order valence-corrected chi connectivity index (χ2v) is 6.56. The van der Waals surface area contributed by atoms with Crippen molar-refractivity contribution in [1.82, 2.24) is 4.90 Å². The average molecular weight is 363 g/mol. The number of phenols is 1. The third-order valence-corrected chi connectivity index (χ3v) is 4.75. The minimum Gasteiger partial charge on any atom is -0.507 e. The van der Waals surface area contributed by atoms with E-state index in [9.17, 15) is 9.90 Å². The van der Waals surface area contributed by atoms with E-state index < -0.39 is 0 Å². The quantitative estimate of drug-likeness (QED) is 0.765. The predicted molar refractivity (Wildman–Crippen MR) is 104 cm³/mol. The van der Waals surface area contributed by atoms with Gasteiger partial charge in [-0.25, -0.2) is 0 Å². The summed E-state index contributed by atoms with van der Waals surface area (Å²) in [6.07, 6.45) is -0.258. The fraction of sp³-hybridized carbons (Fsp3) is 0.227. The van der Waals surface area contributed by atoms with Crippen LogP contribution >= 0.6 is 0 Å². The molecule has 0 bridgehead atoms. The first-order chi connectivity index (χ1) is 13.2. The Labute approximate surface area is 157 Å². The van der Waals surface area contributed by atoms with Gasteiger partial charge in [0, 0.05) is 6.54 Å². The van der Waals surface area contributed by atoms with E-state index in [0.29, 0.717) is 31.0 Å². The van der Waals surface area contributed by atoms with Gasteiger partial charge in [0.1, 0.15) is 12.4 Å². The molecule has 0 aromatic heterocycles. The number of likely N-dealkylation sites (N-methyl/N-ethyl adjacent to an activating group) is 1. The fourth-order valence-electron chi connectivity index (χ4n) is 3.32. The van der Waals surface area contributed by atoms with E-state index in [1.54, 1.807) is 17.0 Å². The van der Waals surface area contributed by atoms with E-state index in [-0.39, 0.29) is 17.8 Å². The standard InChI is InChI=1S/C22H21NO4/c1-2-23(13-17-14-26-20-9-5-6-10-21(20)27-17)22(25)18-11-15-7-3-4-8-16(15)12-19(18)24/h3-12,17,24H,2,13-14H2,1H3. The van der Waals surface area contributed by atoms with Crippen molar-refractivity contribution < 1.29 is 19.4 Å². The zero-order chi connectivity index (χ0) is 18.8. The Bertz CT molecular complexity index is 985. The van der Waals surface area contributed by atoms with Gasteiger partial charge in [0.05, 0.1) is 12.1 Å². The normalized spacial score (nSPS) is 15.5. The molecule has 138 valence electrons. The van der Waals surface area contributed by atoms with Crippen LogP contribution in [0.15, 0.2) is 60.7 Å². The molecule has 1 N–H and O–H groups in total. The first-order valence-electron chi connectivity index (χ1n) is 9.05. The number of hydrogen-bond donors (Lipinski definition) is 1. The maximum atomic E-state index is 13.0. The average Bonchev–Trinajstić information content (AvgIpc) is 2.71. The van der Waals surface area contributed by atoms with Crippen molar-refractivity contribution in [2.24, 2.45) is 0 Å². The Morgan fingerprint density at radius 3 is 2.48 bits per heavy atom. The number of benzene rings is 3. The van der Waals surface area contributed by atoms with Crippen molar-refractivity contribution in [1.29, 1.82) is 0 Å². The molecule has 1 aliphatic rings. The van der Waals surface area contributed by atoms with Gasteiger partial charge in [-0.15, -0.1) is 0 Å². The van der Waals surface area contributed by atoms with Crippen LogP contribution in [-0.4, -0.2) is 41.7 Å². The van der Waals surface area contributed by atoms with E-state index in [2.05, 4.69) is 0 Å². The molecule has 1 unspecified atom stereocenters. The molecule has 1 atom stereocenters. The zero-order valence-electron chi connectivity index (χ0n) is 15.1. The van der Waals surface area contributed by atoms with Crippen LogP contribution in [0.2, 0.25) is 0 Å². The van der Waals surface area contributed by atoms with Crippen LogP contribution in [0.4, 0.5) is 0 Å². The molecule has 1 aliphatic heterocycles. The number of hydrogen-bond acceptors (Lipinski definition) is 4. The molecule has 0 saturated carbocycles. The minimum absolute atomic E-state index is 0.0108. The molecule has 1 amide bonds. The molecule has 3 aromatic rings. The third-order valence-electron chi connectivity index (χ3n) is 4.75. The zero-order valence-corrected chi connectivity index (χ0v) is 15.1. The van der Waals surface area contributed by atoms with Gasteiger partial charge in [-0.2, -0.15) is 0 Å². The summed E-state index contributed by atoms with van der Waals surface area (Å²) < 4.78 is 11.7. The molecule has 5 heteroatoms. The topological polar surface area (TPSA) is 59.0 Å². The highest BCUT2D eigenvalue weighted by Crippen LogP contribution is 2.31. The maximum Gasteiger partial charge on any atom is 0.257 e. The predicted octanol–water partition coefficient (Wildman–Crippen LogP) is 3.85. The Kier molecular flexibility index (Phi) is 4.59. The van der Waals surface area contributed by atoms with Crippen molar-refractivity contribution >= 4 is 16.7 Å². The van der Waals surface area contributed by atoms with Gasteiger partial charge in [-0.1, -0.05) is 36.4 Å². The van der Waals surface area contributed by atoms with Crippen LogP contribution in [0.5, 0.6) is 17.2 Å². The summed E-state index contributed by atoms with van der Waals surface area (Å²) in [6, 6.07) is 18.5. The summed E-state index contributed by atoms with van der Waals surface area (Å²) in [5.41, 5.74) is 0.299. The third kappa shape index (κ3) is 3.40. The van der Waals surface area contributed by atoms with Crippen molar-refractivity contribution in [3.05, 3.63) is 66.2 Å². The largest absolute Gasteiger partial charge is 0.507 e. The number of aromatic hydroxyl groups is 1. The number of fused-ring (bicyclic) bond motifs is 2. The van der Waals surface area contributed by atoms with Crippen LogP contribution in [0.1, 0.15) is 17.3 Å². The molecule has 0 spiro atoms. The smallest absolute Gasteiger partial charge is 0.257 e. The number of nitrogens with zero attached hydrogens (tertiary/aromatic N) is 1. The lowest BCUT2D eigenvalue weighted by Crippen LogP contribution is -2.43. The van der Waals surface area contributed by atoms with Crippen molar-refractivity contribution in [3.8, 4) is 17.2 Å². The molecule has 27 heavy (non-hydrogen) atoms. The number of rotatable bonds is 4. The van der Waals surface area contributed by atoms with E-state index in [0.717, 1.165) is 16.5 Å². The van der Waals surface area contributed by atoms with Gasteiger partial charge in [-0.3, -0.25) is 4.79 Å². The number of carbonyl (C=O) groups is 1. The second kappa shape index (κ2) is 7.19. The molecule has 0 radical (unpaired) electrons. The van der Waals surface area contributed by atoms with Gasteiger partial charge in [0.15, 0.2) is 17.6 Å². The maximum absolute atomic E-state index is 13.0. The molecular weight excluding hydrogens is 342 g/mol. The Balaban J connectivity index is 1.54. The molecule has 0 saturated heterocycles. The van der Waals surface area contributed by atoms with Crippen LogP contribution in [0, 0.1) is 0 Å². The van der Waals surface area contributed by atoms with Gasteiger partial charge < -0.3 is 19.5 Å². The van der Waals surface area contributed by atoms with Crippen molar-refractivity contribution in [3.63, 3.8) is 0 Å². The summed E-state index contributed by atoms with van der Waals surface area (Å²) in [7, 11) is 0. The van der Waals surface area contributed by atoms with Crippen LogP contribution in [0.3, 0.4) is 0 Å². The highest BCUT2D eigenvalue weighted by molar-refractivity contribution is 6.01. The van der Waals surface area contributed by atoms with Crippen LogP contribution in [-0.2, 0) is 0 Å². The first-order valence-corrected chi connectivity index (χ1v) is 9.05. The lowest BCUT2D eigenvalue weighted by Gasteiger charge is -2.31. The molecule has 0 aliphatic carbocycles. The highest BCUT2D eigenvalue weighted by atomic mass is 16.6. The lowest BCUT2D eigenvalue weighted by molar-refractivity contribution is 0.0473. The molecular formula is C22H21NO4. The Morgan fingerprint density at radius 1 is 1.07 bits per heavy atom. The Hall–Kier alpha value is -3.21. The summed E-state index contributed by atoms with van der Waals surface area (Å²) in [4.78, 5) is 14.7. The SMILES string of the molecule is CCN(CC1COc2ccccc2O1)C(=O)c1cc2ccccc2cc1O. The summed E-state index contributed by atoms with van der Waals surface area (Å²) in [6.45, 7) is 3.18. The summed E-state index contributed by atoms with van der Waals surface area (Å²) in [5.74, 6) is 1.17. The number of carbonyl (C=O) groups excluding carboxylic acids is 1. The molecule has 1 heterocycles. The van der Waals surface area contributed by atoms with Crippen molar-refractivity contribution in [2.45, 2.75) is 13.0 Å². The molecule has 5 nitrogen and oxygen atoms in total. The number of ether oxygens (including phenoxy) is 2. The van der Waals surface area contributed by atoms with E-state index >= 15 is 0 Å². The van der Waals surface area contributed by atoms with Gasteiger partial charge in [0.2, 0.25) is 0 Å².